The minimum atomic E-state index is -3.71. The largest absolute Gasteiger partial charge is 1.00 e. The van der Waals surface area contributed by atoms with Gasteiger partial charge >= 0.3 is 0 Å². The maximum Gasteiger partial charge on any atom is 0.243 e. The molecular weight excluding hydrogens is 655 g/mol. The van der Waals surface area contributed by atoms with Crippen molar-refractivity contribution in [2.45, 2.75) is 109 Å². The summed E-state index contributed by atoms with van der Waals surface area (Å²) in [4.78, 5) is 0.307. The molecule has 0 aliphatic heterocycles. The van der Waals surface area contributed by atoms with Crippen molar-refractivity contribution in [3.05, 3.63) is 89.7 Å². The Kier molecular flexibility index (Phi) is 17.3. The lowest BCUT2D eigenvalue weighted by Crippen LogP contribution is -3.00. The normalized spacial score (nSPS) is 11.4. The van der Waals surface area contributed by atoms with Gasteiger partial charge in [-0.3, -0.25) is 0 Å². The van der Waals surface area contributed by atoms with E-state index >= 15 is 0 Å². The van der Waals surface area contributed by atoms with Crippen molar-refractivity contribution >= 4 is 10.0 Å². The summed E-state index contributed by atoms with van der Waals surface area (Å²) in [5.41, 5.74) is 2.86. The fraction of sp³-hybridized carbons (Fsp3) is 0.514. The number of benzene rings is 2. The third kappa shape index (κ3) is 12.7. The molecule has 1 aromatic heterocycles. The van der Waals surface area contributed by atoms with Crippen molar-refractivity contribution in [1.29, 1.82) is 0 Å². The third-order valence-corrected chi connectivity index (χ3v) is 9.49. The predicted molar refractivity (Wildman–Crippen MR) is 168 cm³/mol. The van der Waals surface area contributed by atoms with Crippen molar-refractivity contribution in [2.75, 3.05) is 6.61 Å². The first kappa shape index (κ1) is 36.2. The van der Waals surface area contributed by atoms with Crippen LogP contribution >= 0.6 is 0 Å². The molecule has 0 atom stereocenters. The zero-order valence-electron chi connectivity index (χ0n) is 25.9. The van der Waals surface area contributed by atoms with Gasteiger partial charge in [0.15, 0.2) is 11.9 Å². The zero-order valence-corrected chi connectivity index (χ0v) is 28.9. The van der Waals surface area contributed by atoms with Crippen molar-refractivity contribution in [1.82, 2.24) is 4.31 Å². The average Bonchev–Trinajstić information content (AvgIpc) is 2.96. The molecule has 0 amide bonds. The Morgan fingerprint density at radius 3 is 1.98 bits per heavy atom. The van der Waals surface area contributed by atoms with Gasteiger partial charge in [-0.1, -0.05) is 113 Å². The van der Waals surface area contributed by atoms with E-state index in [1.54, 1.807) is 16.4 Å². The minimum absolute atomic E-state index is 0. The first-order valence-corrected chi connectivity index (χ1v) is 17.1. The molecule has 3 aromatic rings. The van der Waals surface area contributed by atoms with E-state index in [4.69, 9.17) is 4.74 Å². The van der Waals surface area contributed by atoms with Gasteiger partial charge in [0.25, 0.3) is 0 Å². The van der Waals surface area contributed by atoms with Gasteiger partial charge in [-0.15, -0.1) is 0 Å². The van der Waals surface area contributed by atoms with Gasteiger partial charge in [0.2, 0.25) is 10.0 Å². The van der Waals surface area contributed by atoms with Crippen molar-refractivity contribution in [3.8, 4) is 5.75 Å². The van der Waals surface area contributed by atoms with Crippen LogP contribution in [-0.4, -0.2) is 19.3 Å². The Morgan fingerprint density at radius 2 is 1.36 bits per heavy atom. The zero-order chi connectivity index (χ0) is 29.3. The Hall–Kier alpha value is -1.97. The molecule has 0 radical (unpaired) electrons. The van der Waals surface area contributed by atoms with Crippen LogP contribution in [0.1, 0.15) is 101 Å². The predicted octanol–water partition coefficient (Wildman–Crippen LogP) is 5.29. The lowest BCUT2D eigenvalue weighted by Gasteiger charge is -2.22. The maximum atomic E-state index is 13.7. The summed E-state index contributed by atoms with van der Waals surface area (Å²) in [6.45, 7) is 5.46. The fourth-order valence-electron chi connectivity index (χ4n) is 5.06. The quantitative estimate of drug-likeness (QED) is 0.0912. The summed E-state index contributed by atoms with van der Waals surface area (Å²) in [5.74, 6) is 0.795. The van der Waals surface area contributed by atoms with Crippen molar-refractivity contribution < 1.29 is 41.7 Å². The van der Waals surface area contributed by atoms with Crippen LogP contribution in [0.25, 0.3) is 0 Å². The third-order valence-electron chi connectivity index (χ3n) is 7.68. The maximum absolute atomic E-state index is 13.7. The summed E-state index contributed by atoms with van der Waals surface area (Å²) in [6.07, 6.45) is 17.8. The number of sulfonamides is 1. The second-order valence-corrected chi connectivity index (χ2v) is 13.2. The van der Waals surface area contributed by atoms with Crippen LogP contribution in [-0.2, 0) is 30.2 Å². The number of aryl methyl sites for hydroxylation is 2. The standard InChI is InChI=1S/C35H51N2O3S.HI/c1-4-5-6-7-8-9-10-11-12-13-14-17-27-40-34-21-18-19-32(28-34)29-37(30-33-20-15-16-26-36(33)3)41(38,39)35-24-22-31(2)23-25-35;/h15-16,18-26,28H,4-14,17,27,29-30H2,1-3H3;1H/q+1;/p-1. The molecule has 0 saturated heterocycles. The van der Waals surface area contributed by atoms with E-state index in [1.807, 2.05) is 79.3 Å². The molecule has 5 nitrogen and oxygen atoms in total. The molecule has 0 N–H and O–H groups in total. The Balaban J connectivity index is 0.00000616. The Labute approximate surface area is 272 Å². The van der Waals surface area contributed by atoms with Crippen molar-refractivity contribution in [3.63, 3.8) is 0 Å². The SMILES string of the molecule is CCCCCCCCCCCCCCOc1cccc(CN(Cc2cccc[n+]2C)S(=O)(=O)c2ccc(C)cc2)c1.[I-]. The fourth-order valence-corrected chi connectivity index (χ4v) is 6.46. The van der Waals surface area contributed by atoms with Crippen LogP contribution in [0.5, 0.6) is 5.75 Å². The number of unbranched alkanes of at least 4 members (excludes halogenated alkanes) is 11. The lowest BCUT2D eigenvalue weighted by molar-refractivity contribution is -0.680. The molecule has 0 saturated carbocycles. The number of hydrogen-bond acceptors (Lipinski definition) is 3. The molecule has 7 heteroatoms. The highest BCUT2D eigenvalue weighted by molar-refractivity contribution is 7.89. The number of nitrogens with zero attached hydrogens (tertiary/aromatic N) is 2. The summed E-state index contributed by atoms with van der Waals surface area (Å²) >= 11 is 0. The van der Waals surface area contributed by atoms with Gasteiger partial charge in [0.1, 0.15) is 12.8 Å². The number of rotatable bonds is 20. The first-order valence-electron chi connectivity index (χ1n) is 15.6. The highest BCUT2D eigenvalue weighted by Crippen LogP contribution is 2.23. The molecule has 0 aliphatic rings. The van der Waals surface area contributed by atoms with Gasteiger partial charge in [0, 0.05) is 18.7 Å². The molecule has 0 fully saturated rings. The Bertz CT molecular complexity index is 1270. The van der Waals surface area contributed by atoms with E-state index < -0.39 is 10.0 Å². The molecule has 2 aromatic carbocycles. The van der Waals surface area contributed by atoms with E-state index in [9.17, 15) is 8.42 Å². The van der Waals surface area contributed by atoms with Crippen LogP contribution in [0.3, 0.4) is 0 Å². The molecule has 0 aliphatic carbocycles. The monoisotopic (exact) mass is 706 g/mol. The van der Waals surface area contributed by atoms with Gasteiger partial charge in [0.05, 0.1) is 18.0 Å². The highest BCUT2D eigenvalue weighted by Gasteiger charge is 2.27. The van der Waals surface area contributed by atoms with E-state index in [0.29, 0.717) is 11.5 Å². The molecule has 0 spiro atoms. The van der Waals surface area contributed by atoms with Crippen LogP contribution in [0.4, 0.5) is 0 Å². The van der Waals surface area contributed by atoms with Crippen LogP contribution in [0.15, 0.2) is 77.8 Å². The number of pyridine rings is 1. The molecule has 232 valence electrons. The summed E-state index contributed by atoms with van der Waals surface area (Å²) in [7, 11) is -1.77. The number of hydrogen-bond donors (Lipinski definition) is 0. The van der Waals surface area contributed by atoms with E-state index in [1.165, 1.54) is 70.6 Å². The summed E-state index contributed by atoms with van der Waals surface area (Å²) < 4.78 is 37.1. The van der Waals surface area contributed by atoms with Crippen molar-refractivity contribution in [2.24, 2.45) is 7.05 Å². The first-order chi connectivity index (χ1) is 19.9. The molecule has 0 unspecified atom stereocenters. The number of halogens is 1. The van der Waals surface area contributed by atoms with E-state index in [-0.39, 0.29) is 37.1 Å². The molecule has 42 heavy (non-hydrogen) atoms. The topological polar surface area (TPSA) is 50.5 Å². The highest BCUT2D eigenvalue weighted by atomic mass is 127. The number of aromatic nitrogens is 1. The summed E-state index contributed by atoms with van der Waals surface area (Å²) in [5, 5.41) is 0. The van der Waals surface area contributed by atoms with E-state index in [2.05, 4.69) is 6.92 Å². The smallest absolute Gasteiger partial charge is 0.243 e. The number of ether oxygens (including phenoxy) is 1. The molecule has 1 heterocycles. The van der Waals surface area contributed by atoms with Gasteiger partial charge in [-0.2, -0.15) is 4.31 Å². The summed E-state index contributed by atoms with van der Waals surface area (Å²) in [6, 6.07) is 20.8. The van der Waals surface area contributed by atoms with E-state index in [0.717, 1.165) is 29.0 Å². The molecule has 3 rings (SSSR count). The van der Waals surface area contributed by atoms with Crippen LogP contribution < -0.4 is 33.3 Å². The van der Waals surface area contributed by atoms with Gasteiger partial charge in [-0.25, -0.2) is 13.0 Å². The van der Waals surface area contributed by atoms with Crippen LogP contribution in [0.2, 0.25) is 0 Å². The van der Waals surface area contributed by atoms with Gasteiger partial charge in [-0.05, 0) is 43.2 Å². The molecule has 0 bridgehead atoms. The molecular formula is C35H51IN2O3S. The van der Waals surface area contributed by atoms with Gasteiger partial charge < -0.3 is 28.7 Å². The second kappa shape index (κ2) is 20.1. The average molecular weight is 707 g/mol. The Morgan fingerprint density at radius 1 is 0.738 bits per heavy atom. The lowest BCUT2D eigenvalue weighted by atomic mass is 10.1. The minimum Gasteiger partial charge on any atom is -1.00 e. The van der Waals surface area contributed by atoms with Crippen LogP contribution in [0, 0.1) is 6.92 Å². The second-order valence-electron chi connectivity index (χ2n) is 11.3.